The number of hydrogen-bond donors (Lipinski definition) is 1. The van der Waals surface area contributed by atoms with E-state index in [-0.39, 0.29) is 5.28 Å². The summed E-state index contributed by atoms with van der Waals surface area (Å²) < 4.78 is 5.59. The van der Waals surface area contributed by atoms with Gasteiger partial charge in [0.05, 0.1) is 12.8 Å². The molecule has 1 aliphatic carbocycles. The molecular weight excluding hydrogens is 350 g/mol. The molecule has 0 radical (unpaired) electrons. The summed E-state index contributed by atoms with van der Waals surface area (Å²) in [7, 11) is 1.69. The largest absolute Gasteiger partial charge is 0.494 e. The van der Waals surface area contributed by atoms with Crippen LogP contribution < -0.4 is 15.0 Å². The van der Waals surface area contributed by atoms with Crippen LogP contribution in [0.4, 0.5) is 17.2 Å². The van der Waals surface area contributed by atoms with Crippen molar-refractivity contribution < 1.29 is 4.74 Å². The van der Waals surface area contributed by atoms with Crippen molar-refractivity contribution in [3.63, 3.8) is 0 Å². The Hall–Kier alpha value is -2.05. The van der Waals surface area contributed by atoms with E-state index < -0.39 is 0 Å². The van der Waals surface area contributed by atoms with Crippen molar-refractivity contribution in [2.75, 3.05) is 50.1 Å². The Bertz CT molecular complexity index is 759. The number of anilines is 3. The molecule has 1 aromatic heterocycles. The van der Waals surface area contributed by atoms with Crippen molar-refractivity contribution in [2.24, 2.45) is 5.92 Å². The first-order chi connectivity index (χ1) is 12.7. The van der Waals surface area contributed by atoms with Gasteiger partial charge in [0, 0.05) is 50.7 Å². The summed E-state index contributed by atoms with van der Waals surface area (Å²) in [5.41, 5.74) is 2.05. The first-order valence-corrected chi connectivity index (χ1v) is 9.50. The molecule has 1 N–H and O–H groups in total. The highest BCUT2D eigenvalue weighted by Crippen LogP contribution is 2.33. The molecule has 0 bridgehead atoms. The van der Waals surface area contributed by atoms with Crippen LogP contribution in [0, 0.1) is 5.92 Å². The monoisotopic (exact) mass is 373 g/mol. The highest BCUT2D eigenvalue weighted by molar-refractivity contribution is 6.28. The summed E-state index contributed by atoms with van der Waals surface area (Å²) in [6.07, 6.45) is 4.46. The Morgan fingerprint density at radius 3 is 2.69 bits per heavy atom. The van der Waals surface area contributed by atoms with Gasteiger partial charge >= 0.3 is 0 Å². The smallest absolute Gasteiger partial charge is 0.224 e. The number of piperazine rings is 1. The third-order valence-electron chi connectivity index (χ3n) is 5.02. The summed E-state index contributed by atoms with van der Waals surface area (Å²) in [4.78, 5) is 13.1. The lowest BCUT2D eigenvalue weighted by atomic mass is 10.2. The van der Waals surface area contributed by atoms with Crippen molar-refractivity contribution in [2.45, 2.75) is 12.8 Å². The summed E-state index contributed by atoms with van der Waals surface area (Å²) in [6.45, 7) is 5.67. The molecule has 2 heterocycles. The number of hydrogen-bond acceptors (Lipinski definition) is 6. The van der Waals surface area contributed by atoms with Crippen molar-refractivity contribution in [3.05, 3.63) is 35.7 Å². The second kappa shape index (κ2) is 7.68. The van der Waals surface area contributed by atoms with E-state index >= 15 is 0 Å². The third-order valence-corrected chi connectivity index (χ3v) is 5.21. The van der Waals surface area contributed by atoms with Crippen LogP contribution in [0.1, 0.15) is 12.8 Å². The molecule has 1 saturated carbocycles. The number of methoxy groups -OCH3 is 1. The number of nitrogens with one attached hydrogen (secondary N) is 1. The molecule has 0 spiro atoms. The number of halogens is 1. The maximum Gasteiger partial charge on any atom is 0.224 e. The fourth-order valence-electron chi connectivity index (χ4n) is 3.38. The van der Waals surface area contributed by atoms with Gasteiger partial charge in [-0.15, -0.1) is 0 Å². The van der Waals surface area contributed by atoms with E-state index in [1.165, 1.54) is 25.1 Å². The molecular formula is C19H24ClN5O. The van der Waals surface area contributed by atoms with Gasteiger partial charge in [-0.25, -0.2) is 9.97 Å². The summed E-state index contributed by atoms with van der Waals surface area (Å²) >= 11 is 5.85. The zero-order valence-electron chi connectivity index (χ0n) is 15.0. The Labute approximate surface area is 159 Å². The van der Waals surface area contributed by atoms with E-state index in [1.54, 1.807) is 19.4 Å². The molecule has 26 heavy (non-hydrogen) atoms. The fraction of sp³-hybridized carbons (Fsp3) is 0.474. The van der Waals surface area contributed by atoms with Crippen LogP contribution in [0.15, 0.2) is 30.5 Å². The van der Waals surface area contributed by atoms with Gasteiger partial charge in [-0.3, -0.25) is 4.90 Å². The zero-order chi connectivity index (χ0) is 17.9. The van der Waals surface area contributed by atoms with Crippen LogP contribution in [0.2, 0.25) is 5.28 Å². The van der Waals surface area contributed by atoms with E-state index in [9.17, 15) is 0 Å². The fourth-order valence-corrected chi connectivity index (χ4v) is 3.52. The van der Waals surface area contributed by atoms with Gasteiger partial charge in [0.25, 0.3) is 0 Å². The molecule has 2 aliphatic rings. The van der Waals surface area contributed by atoms with E-state index in [4.69, 9.17) is 16.3 Å². The standard InChI is InChI=1S/C19H24ClN5O/c1-26-17-12-15(25-10-8-24(9-11-25)13-14-2-3-14)4-5-16(17)22-18-6-7-21-19(20)23-18/h4-7,12,14H,2-3,8-11,13H2,1H3,(H,21,22,23). The zero-order valence-corrected chi connectivity index (χ0v) is 15.7. The number of aromatic nitrogens is 2. The predicted octanol–water partition coefficient (Wildman–Crippen LogP) is 3.41. The third kappa shape index (κ3) is 4.19. The maximum atomic E-state index is 5.85. The minimum absolute atomic E-state index is 0.217. The summed E-state index contributed by atoms with van der Waals surface area (Å²) in [6, 6.07) is 8.02. The van der Waals surface area contributed by atoms with Crippen LogP contribution in [0.5, 0.6) is 5.75 Å². The highest BCUT2D eigenvalue weighted by Gasteiger charge is 2.26. The van der Waals surface area contributed by atoms with Crippen molar-refractivity contribution >= 4 is 28.8 Å². The minimum Gasteiger partial charge on any atom is -0.494 e. The van der Waals surface area contributed by atoms with Gasteiger partial charge in [0.1, 0.15) is 11.6 Å². The van der Waals surface area contributed by atoms with Crippen molar-refractivity contribution in [1.82, 2.24) is 14.9 Å². The van der Waals surface area contributed by atoms with Gasteiger partial charge in [-0.05, 0) is 48.6 Å². The Morgan fingerprint density at radius 1 is 1.19 bits per heavy atom. The van der Waals surface area contributed by atoms with Crippen LogP contribution in [-0.2, 0) is 0 Å². The van der Waals surface area contributed by atoms with Crippen LogP contribution in [-0.4, -0.2) is 54.7 Å². The van der Waals surface area contributed by atoms with E-state index in [0.29, 0.717) is 5.82 Å². The normalized spacial score (nSPS) is 18.0. The quantitative estimate of drug-likeness (QED) is 0.783. The molecule has 0 atom stereocenters. The van der Waals surface area contributed by atoms with Gasteiger partial charge in [0.15, 0.2) is 0 Å². The first-order valence-electron chi connectivity index (χ1n) is 9.12. The predicted molar refractivity (Wildman–Crippen MR) is 105 cm³/mol. The van der Waals surface area contributed by atoms with Crippen molar-refractivity contribution in [1.29, 1.82) is 0 Å². The van der Waals surface area contributed by atoms with Crippen LogP contribution in [0.25, 0.3) is 0 Å². The second-order valence-electron chi connectivity index (χ2n) is 6.95. The summed E-state index contributed by atoms with van der Waals surface area (Å²) in [5, 5.41) is 3.46. The van der Waals surface area contributed by atoms with Crippen LogP contribution >= 0.6 is 11.6 Å². The van der Waals surface area contributed by atoms with Gasteiger partial charge in [-0.2, -0.15) is 0 Å². The average Bonchev–Trinajstić information content (AvgIpc) is 3.47. The Kier molecular flexibility index (Phi) is 5.13. The summed E-state index contributed by atoms with van der Waals surface area (Å²) in [5.74, 6) is 2.39. The van der Waals surface area contributed by atoms with Gasteiger partial charge in [-0.1, -0.05) is 0 Å². The molecule has 1 aromatic carbocycles. The molecule has 1 saturated heterocycles. The molecule has 2 aromatic rings. The second-order valence-corrected chi connectivity index (χ2v) is 7.29. The van der Waals surface area contributed by atoms with E-state index in [1.807, 2.05) is 6.07 Å². The molecule has 7 heteroatoms. The Balaban J connectivity index is 1.43. The lowest BCUT2D eigenvalue weighted by Crippen LogP contribution is -2.47. The molecule has 6 nitrogen and oxygen atoms in total. The maximum absolute atomic E-state index is 5.85. The van der Waals surface area contributed by atoms with Crippen molar-refractivity contribution in [3.8, 4) is 5.75 Å². The lowest BCUT2D eigenvalue weighted by Gasteiger charge is -2.36. The molecule has 1 aliphatic heterocycles. The lowest BCUT2D eigenvalue weighted by molar-refractivity contribution is 0.248. The van der Waals surface area contributed by atoms with E-state index in [2.05, 4.69) is 37.2 Å². The number of rotatable bonds is 6. The molecule has 138 valence electrons. The first kappa shape index (κ1) is 17.4. The molecule has 4 rings (SSSR count). The minimum atomic E-state index is 0.217. The van der Waals surface area contributed by atoms with Gasteiger partial charge < -0.3 is 15.0 Å². The number of ether oxygens (including phenoxy) is 1. The molecule has 0 unspecified atom stereocenters. The number of benzene rings is 1. The topological polar surface area (TPSA) is 53.5 Å². The molecule has 2 fully saturated rings. The van der Waals surface area contributed by atoms with Crippen LogP contribution in [0.3, 0.4) is 0 Å². The SMILES string of the molecule is COc1cc(N2CCN(CC3CC3)CC2)ccc1Nc1ccnc(Cl)n1. The highest BCUT2D eigenvalue weighted by atomic mass is 35.5. The van der Waals surface area contributed by atoms with Gasteiger partial charge in [0.2, 0.25) is 5.28 Å². The number of nitrogens with zero attached hydrogens (tertiary/aromatic N) is 4. The average molecular weight is 374 g/mol. The molecule has 0 amide bonds. The van der Waals surface area contributed by atoms with E-state index in [0.717, 1.165) is 43.5 Å². The Morgan fingerprint density at radius 2 is 2.00 bits per heavy atom.